The second kappa shape index (κ2) is 7.20. The highest BCUT2D eigenvalue weighted by Crippen LogP contribution is 2.30. The Kier molecular flexibility index (Phi) is 5.50. The van der Waals surface area contributed by atoms with Gasteiger partial charge in [-0.1, -0.05) is 6.92 Å². The van der Waals surface area contributed by atoms with Gasteiger partial charge in [0.2, 0.25) is 0 Å². The van der Waals surface area contributed by atoms with Gasteiger partial charge in [0, 0.05) is 6.04 Å². The molecule has 5 heteroatoms. The fourth-order valence-electron chi connectivity index (χ4n) is 2.78. The first-order valence-corrected chi connectivity index (χ1v) is 8.29. The van der Waals surface area contributed by atoms with Crippen molar-refractivity contribution in [3.8, 4) is 0 Å². The molecule has 1 aliphatic carbocycles. The normalized spacial score (nSPS) is 21.6. The zero-order chi connectivity index (χ0) is 17.0. The van der Waals surface area contributed by atoms with Crippen LogP contribution >= 0.6 is 0 Å². The number of benzene rings is 1. The van der Waals surface area contributed by atoms with Gasteiger partial charge in [0.25, 0.3) is 0 Å². The summed E-state index contributed by atoms with van der Waals surface area (Å²) in [5.74, 6) is 0.423. The van der Waals surface area contributed by atoms with E-state index in [1.165, 1.54) is 25.0 Å². The van der Waals surface area contributed by atoms with Crippen LogP contribution in [0.1, 0.15) is 53.4 Å². The van der Waals surface area contributed by atoms with Crippen molar-refractivity contribution in [2.45, 2.75) is 65.0 Å². The van der Waals surface area contributed by atoms with Crippen LogP contribution in [0.25, 0.3) is 0 Å². The average molecular weight is 322 g/mol. The first kappa shape index (κ1) is 17.6. The van der Waals surface area contributed by atoms with E-state index in [-0.39, 0.29) is 5.82 Å². The van der Waals surface area contributed by atoms with Crippen LogP contribution in [-0.2, 0) is 4.74 Å². The van der Waals surface area contributed by atoms with E-state index >= 15 is 0 Å². The molecule has 1 amide bonds. The van der Waals surface area contributed by atoms with E-state index in [9.17, 15) is 9.18 Å². The second-order valence-corrected chi connectivity index (χ2v) is 7.42. The lowest BCUT2D eigenvalue weighted by Crippen LogP contribution is -2.28. The van der Waals surface area contributed by atoms with Gasteiger partial charge in [-0.15, -0.1) is 0 Å². The van der Waals surface area contributed by atoms with Gasteiger partial charge in [0.05, 0.1) is 11.4 Å². The van der Waals surface area contributed by atoms with Crippen molar-refractivity contribution in [1.29, 1.82) is 0 Å². The molecule has 2 rings (SSSR count). The van der Waals surface area contributed by atoms with E-state index < -0.39 is 11.7 Å². The summed E-state index contributed by atoms with van der Waals surface area (Å²) in [4.78, 5) is 11.9. The first-order chi connectivity index (χ1) is 10.7. The molecule has 0 spiro atoms. The molecule has 0 unspecified atom stereocenters. The van der Waals surface area contributed by atoms with Crippen molar-refractivity contribution in [2.24, 2.45) is 5.92 Å². The van der Waals surface area contributed by atoms with Gasteiger partial charge in [0.1, 0.15) is 11.4 Å². The highest BCUT2D eigenvalue weighted by atomic mass is 19.1. The number of amides is 1. The van der Waals surface area contributed by atoms with Crippen LogP contribution in [0.15, 0.2) is 18.2 Å². The van der Waals surface area contributed by atoms with Gasteiger partial charge >= 0.3 is 6.09 Å². The molecule has 1 saturated carbocycles. The Labute approximate surface area is 137 Å². The van der Waals surface area contributed by atoms with Crippen LogP contribution in [0.4, 0.5) is 20.6 Å². The third kappa shape index (κ3) is 5.73. The highest BCUT2D eigenvalue weighted by molar-refractivity contribution is 5.89. The average Bonchev–Trinajstić information content (AvgIpc) is 2.42. The van der Waals surface area contributed by atoms with Gasteiger partial charge in [-0.25, -0.2) is 9.18 Å². The molecule has 0 heterocycles. The Bertz CT molecular complexity index is 546. The summed E-state index contributed by atoms with van der Waals surface area (Å²) in [7, 11) is 0. The van der Waals surface area contributed by atoms with Gasteiger partial charge in [-0.2, -0.15) is 0 Å². The number of rotatable bonds is 3. The summed E-state index contributed by atoms with van der Waals surface area (Å²) in [5, 5.41) is 6.07. The lowest BCUT2D eigenvalue weighted by atomic mass is 9.87. The third-order valence-electron chi connectivity index (χ3n) is 3.99. The highest BCUT2D eigenvalue weighted by Gasteiger charge is 2.21. The maximum Gasteiger partial charge on any atom is 0.412 e. The molecule has 2 N–H and O–H groups in total. The zero-order valence-electron chi connectivity index (χ0n) is 14.4. The minimum atomic E-state index is -0.572. The molecule has 1 fully saturated rings. The topological polar surface area (TPSA) is 50.4 Å². The molecule has 0 saturated heterocycles. The van der Waals surface area contributed by atoms with Crippen LogP contribution in [0.5, 0.6) is 0 Å². The molecule has 1 aromatic carbocycles. The molecule has 23 heavy (non-hydrogen) atoms. The third-order valence-corrected chi connectivity index (χ3v) is 3.99. The van der Waals surface area contributed by atoms with Crippen LogP contribution in [-0.4, -0.2) is 17.7 Å². The summed E-state index contributed by atoms with van der Waals surface area (Å²) in [6.07, 6.45) is 3.92. The number of carbonyl (C=O) groups excluding carboxylic acids is 1. The summed E-state index contributed by atoms with van der Waals surface area (Å²) >= 11 is 0. The predicted molar refractivity (Wildman–Crippen MR) is 91.3 cm³/mol. The quantitative estimate of drug-likeness (QED) is 0.808. The van der Waals surface area contributed by atoms with Gasteiger partial charge < -0.3 is 10.1 Å². The van der Waals surface area contributed by atoms with Crippen LogP contribution in [0.2, 0.25) is 0 Å². The Morgan fingerprint density at radius 3 is 2.43 bits per heavy atom. The fraction of sp³-hybridized carbons (Fsp3) is 0.611. The molecule has 4 nitrogen and oxygen atoms in total. The van der Waals surface area contributed by atoms with Crippen LogP contribution in [0, 0.1) is 11.7 Å². The predicted octanol–water partition coefficient (Wildman–Crippen LogP) is 5.16. The van der Waals surface area contributed by atoms with Crippen molar-refractivity contribution in [3.05, 3.63) is 24.0 Å². The number of hydrogen-bond acceptors (Lipinski definition) is 3. The van der Waals surface area contributed by atoms with Gasteiger partial charge in [-0.05, 0) is 70.6 Å². The number of anilines is 2. The number of hydrogen-bond donors (Lipinski definition) is 2. The number of carbonyl (C=O) groups is 1. The van der Waals surface area contributed by atoms with Crippen molar-refractivity contribution in [2.75, 3.05) is 10.6 Å². The number of halogens is 1. The standard InChI is InChI=1S/C18H27FN2O2/c1-12-5-8-14(9-6-12)20-16-11-13(19)7-10-15(16)21-17(22)23-18(2,3)4/h7,10-12,14,20H,5-6,8-9H2,1-4H3,(H,21,22). The molecule has 128 valence electrons. The molecular weight excluding hydrogens is 295 g/mol. The van der Waals surface area contributed by atoms with E-state index in [0.29, 0.717) is 17.4 Å². The van der Waals surface area contributed by atoms with E-state index in [1.807, 2.05) is 0 Å². The van der Waals surface area contributed by atoms with Crippen molar-refractivity contribution in [3.63, 3.8) is 0 Å². The van der Waals surface area contributed by atoms with Crippen molar-refractivity contribution in [1.82, 2.24) is 0 Å². The smallest absolute Gasteiger partial charge is 0.412 e. The second-order valence-electron chi connectivity index (χ2n) is 7.42. The fourth-order valence-corrected chi connectivity index (χ4v) is 2.78. The number of ether oxygens (including phenoxy) is 1. The monoisotopic (exact) mass is 322 g/mol. The Balaban J connectivity index is 2.06. The minimum Gasteiger partial charge on any atom is -0.444 e. The molecular formula is C18H27FN2O2. The SMILES string of the molecule is CC1CCC(Nc2cc(F)ccc2NC(=O)OC(C)(C)C)CC1. The molecule has 0 radical (unpaired) electrons. The lowest BCUT2D eigenvalue weighted by Gasteiger charge is -2.28. The van der Waals surface area contributed by atoms with Crippen LogP contribution < -0.4 is 10.6 Å². The van der Waals surface area contributed by atoms with Crippen LogP contribution in [0.3, 0.4) is 0 Å². The Hall–Kier alpha value is -1.78. The van der Waals surface area contributed by atoms with E-state index in [0.717, 1.165) is 18.8 Å². The number of nitrogens with one attached hydrogen (secondary N) is 2. The molecule has 0 bridgehead atoms. The Morgan fingerprint density at radius 2 is 1.83 bits per heavy atom. The maximum atomic E-state index is 13.6. The molecule has 0 atom stereocenters. The van der Waals surface area contributed by atoms with Crippen molar-refractivity contribution < 1.29 is 13.9 Å². The molecule has 0 aliphatic heterocycles. The molecule has 1 aliphatic rings. The molecule has 1 aromatic rings. The zero-order valence-corrected chi connectivity index (χ0v) is 14.4. The first-order valence-electron chi connectivity index (χ1n) is 8.29. The van der Waals surface area contributed by atoms with E-state index in [1.54, 1.807) is 26.8 Å². The maximum absolute atomic E-state index is 13.6. The van der Waals surface area contributed by atoms with Crippen molar-refractivity contribution >= 4 is 17.5 Å². The summed E-state index contributed by atoms with van der Waals surface area (Å²) in [5.41, 5.74) is 0.576. The largest absolute Gasteiger partial charge is 0.444 e. The minimum absolute atomic E-state index is 0.312. The van der Waals surface area contributed by atoms with E-state index in [4.69, 9.17) is 4.74 Å². The summed E-state index contributed by atoms with van der Waals surface area (Å²) in [6, 6.07) is 4.63. The van der Waals surface area contributed by atoms with Gasteiger partial charge in [0.15, 0.2) is 0 Å². The summed E-state index contributed by atoms with van der Waals surface area (Å²) in [6.45, 7) is 7.67. The molecule has 0 aromatic heterocycles. The van der Waals surface area contributed by atoms with E-state index in [2.05, 4.69) is 17.6 Å². The Morgan fingerprint density at radius 1 is 1.17 bits per heavy atom. The lowest BCUT2D eigenvalue weighted by molar-refractivity contribution is 0.0636. The van der Waals surface area contributed by atoms with Gasteiger partial charge in [-0.3, -0.25) is 5.32 Å². The summed E-state index contributed by atoms with van der Waals surface area (Å²) < 4.78 is 18.8.